The van der Waals surface area contributed by atoms with Crippen LogP contribution in [-0.4, -0.2) is 18.1 Å². The SMILES string of the molecule is CC(C)CNCCc1ncc(-c2ccc(Cl)s2)o1. The van der Waals surface area contributed by atoms with Crippen LogP contribution in [0.25, 0.3) is 10.6 Å². The molecule has 0 unspecified atom stereocenters. The van der Waals surface area contributed by atoms with E-state index in [2.05, 4.69) is 24.1 Å². The molecule has 18 heavy (non-hydrogen) atoms. The van der Waals surface area contributed by atoms with E-state index in [4.69, 9.17) is 16.0 Å². The molecule has 0 fully saturated rings. The Bertz CT molecular complexity index is 493. The molecule has 2 heterocycles. The summed E-state index contributed by atoms with van der Waals surface area (Å²) in [7, 11) is 0. The Hall–Kier alpha value is -0.840. The Kier molecular flexibility index (Phi) is 4.80. The number of rotatable bonds is 6. The molecule has 0 aliphatic carbocycles. The Balaban J connectivity index is 1.86. The summed E-state index contributed by atoms with van der Waals surface area (Å²) in [6, 6.07) is 3.82. The lowest BCUT2D eigenvalue weighted by molar-refractivity contribution is 0.483. The molecule has 0 bridgehead atoms. The van der Waals surface area contributed by atoms with E-state index in [9.17, 15) is 0 Å². The van der Waals surface area contributed by atoms with Crippen molar-refractivity contribution in [1.82, 2.24) is 10.3 Å². The average Bonchev–Trinajstić information content (AvgIpc) is 2.93. The molecule has 0 saturated heterocycles. The van der Waals surface area contributed by atoms with Crippen LogP contribution in [0.1, 0.15) is 19.7 Å². The number of halogens is 1. The number of oxazole rings is 1. The molecule has 0 saturated carbocycles. The number of hydrogen-bond donors (Lipinski definition) is 1. The zero-order valence-electron chi connectivity index (χ0n) is 10.6. The normalized spacial score (nSPS) is 11.3. The van der Waals surface area contributed by atoms with Crippen LogP contribution in [0.5, 0.6) is 0 Å². The van der Waals surface area contributed by atoms with Gasteiger partial charge in [-0.05, 0) is 24.6 Å². The van der Waals surface area contributed by atoms with Gasteiger partial charge in [-0.3, -0.25) is 0 Å². The molecule has 98 valence electrons. The Morgan fingerprint density at radius 2 is 2.28 bits per heavy atom. The van der Waals surface area contributed by atoms with Crippen molar-refractivity contribution in [2.75, 3.05) is 13.1 Å². The van der Waals surface area contributed by atoms with Gasteiger partial charge in [-0.1, -0.05) is 25.4 Å². The first kappa shape index (κ1) is 13.6. The van der Waals surface area contributed by atoms with Gasteiger partial charge in [-0.15, -0.1) is 11.3 Å². The Morgan fingerprint density at radius 1 is 1.44 bits per heavy atom. The van der Waals surface area contributed by atoms with Crippen molar-refractivity contribution in [1.29, 1.82) is 0 Å². The van der Waals surface area contributed by atoms with Crippen molar-refractivity contribution in [2.24, 2.45) is 5.92 Å². The number of nitrogens with zero attached hydrogens (tertiary/aromatic N) is 1. The molecule has 0 aliphatic rings. The van der Waals surface area contributed by atoms with Gasteiger partial charge in [-0.25, -0.2) is 4.98 Å². The fourth-order valence-corrected chi connectivity index (χ4v) is 2.56. The highest BCUT2D eigenvalue weighted by Gasteiger charge is 2.08. The monoisotopic (exact) mass is 284 g/mol. The second-order valence-corrected chi connectivity index (χ2v) is 6.29. The van der Waals surface area contributed by atoms with Gasteiger partial charge in [0.05, 0.1) is 15.4 Å². The highest BCUT2D eigenvalue weighted by Crippen LogP contribution is 2.31. The smallest absolute Gasteiger partial charge is 0.196 e. The number of aromatic nitrogens is 1. The summed E-state index contributed by atoms with van der Waals surface area (Å²) in [6.45, 7) is 6.30. The van der Waals surface area contributed by atoms with Crippen LogP contribution in [0.3, 0.4) is 0 Å². The lowest BCUT2D eigenvalue weighted by Gasteiger charge is -2.05. The standard InChI is InChI=1S/C13H17ClN2OS/c1-9(2)7-15-6-5-13-16-8-10(17-13)11-3-4-12(14)18-11/h3-4,8-9,15H,5-7H2,1-2H3. The van der Waals surface area contributed by atoms with Crippen LogP contribution in [-0.2, 0) is 6.42 Å². The summed E-state index contributed by atoms with van der Waals surface area (Å²) < 4.78 is 6.46. The minimum atomic E-state index is 0.665. The molecule has 2 rings (SSSR count). The largest absolute Gasteiger partial charge is 0.440 e. The molecule has 0 radical (unpaired) electrons. The Morgan fingerprint density at radius 3 is 2.94 bits per heavy atom. The maximum absolute atomic E-state index is 5.90. The van der Waals surface area contributed by atoms with Gasteiger partial charge in [0.2, 0.25) is 0 Å². The summed E-state index contributed by atoms with van der Waals surface area (Å²) in [4.78, 5) is 5.30. The third-order valence-corrected chi connectivity index (χ3v) is 3.68. The van der Waals surface area contributed by atoms with Crippen molar-refractivity contribution in [3.63, 3.8) is 0 Å². The predicted octanol–water partition coefficient (Wildman–Crippen LogP) is 3.84. The maximum atomic E-state index is 5.90. The van der Waals surface area contributed by atoms with Crippen LogP contribution in [0.15, 0.2) is 22.7 Å². The van der Waals surface area contributed by atoms with Crippen molar-refractivity contribution < 1.29 is 4.42 Å². The molecule has 5 heteroatoms. The van der Waals surface area contributed by atoms with Gasteiger partial charge >= 0.3 is 0 Å². The Labute approximate surface area is 116 Å². The van der Waals surface area contributed by atoms with E-state index in [1.807, 2.05) is 12.1 Å². The lowest BCUT2D eigenvalue weighted by Crippen LogP contribution is -2.22. The molecule has 0 aromatic carbocycles. The van der Waals surface area contributed by atoms with Gasteiger partial charge in [0.15, 0.2) is 11.7 Å². The molecule has 2 aromatic rings. The van der Waals surface area contributed by atoms with E-state index in [1.165, 1.54) is 11.3 Å². The maximum Gasteiger partial charge on any atom is 0.196 e. The predicted molar refractivity (Wildman–Crippen MR) is 76.2 cm³/mol. The first-order valence-electron chi connectivity index (χ1n) is 6.06. The second kappa shape index (κ2) is 6.36. The second-order valence-electron chi connectivity index (χ2n) is 4.57. The van der Waals surface area contributed by atoms with E-state index in [1.54, 1.807) is 6.20 Å². The van der Waals surface area contributed by atoms with Crippen LogP contribution in [0.4, 0.5) is 0 Å². The zero-order chi connectivity index (χ0) is 13.0. The summed E-state index contributed by atoms with van der Waals surface area (Å²) in [5.41, 5.74) is 0. The highest BCUT2D eigenvalue weighted by molar-refractivity contribution is 7.19. The number of thiophene rings is 1. The minimum absolute atomic E-state index is 0.665. The molecular weight excluding hydrogens is 268 g/mol. The van der Waals surface area contributed by atoms with E-state index < -0.39 is 0 Å². The molecule has 0 amide bonds. The molecule has 0 spiro atoms. The van der Waals surface area contributed by atoms with Crippen LogP contribution in [0, 0.1) is 5.92 Å². The van der Waals surface area contributed by atoms with Gasteiger partial charge in [0.25, 0.3) is 0 Å². The van der Waals surface area contributed by atoms with E-state index in [0.29, 0.717) is 5.92 Å². The molecular formula is C13H17ClN2OS. The number of hydrogen-bond acceptors (Lipinski definition) is 4. The van der Waals surface area contributed by atoms with E-state index in [-0.39, 0.29) is 0 Å². The topological polar surface area (TPSA) is 38.1 Å². The van der Waals surface area contributed by atoms with Crippen LogP contribution in [0.2, 0.25) is 4.34 Å². The first-order chi connectivity index (χ1) is 8.65. The highest BCUT2D eigenvalue weighted by atomic mass is 35.5. The van der Waals surface area contributed by atoms with Crippen molar-refractivity contribution in [3.05, 3.63) is 28.6 Å². The van der Waals surface area contributed by atoms with Crippen LogP contribution >= 0.6 is 22.9 Å². The summed E-state index contributed by atoms with van der Waals surface area (Å²) in [6.07, 6.45) is 2.58. The molecule has 2 aromatic heterocycles. The van der Waals surface area contributed by atoms with Gasteiger partial charge in [0, 0.05) is 13.0 Å². The van der Waals surface area contributed by atoms with E-state index in [0.717, 1.165) is 40.4 Å². The fraction of sp³-hybridized carbons (Fsp3) is 0.462. The van der Waals surface area contributed by atoms with Gasteiger partial charge in [-0.2, -0.15) is 0 Å². The minimum Gasteiger partial charge on any atom is -0.440 e. The molecule has 0 atom stereocenters. The first-order valence-corrected chi connectivity index (χ1v) is 7.25. The molecule has 3 nitrogen and oxygen atoms in total. The third-order valence-electron chi connectivity index (χ3n) is 2.44. The quantitative estimate of drug-likeness (QED) is 0.819. The molecule has 1 N–H and O–H groups in total. The summed E-state index contributed by atoms with van der Waals surface area (Å²) in [5, 5.41) is 3.37. The molecule has 0 aliphatic heterocycles. The van der Waals surface area contributed by atoms with Gasteiger partial charge < -0.3 is 9.73 Å². The average molecular weight is 285 g/mol. The van der Waals surface area contributed by atoms with Crippen molar-refractivity contribution in [3.8, 4) is 10.6 Å². The van der Waals surface area contributed by atoms with Crippen LogP contribution < -0.4 is 5.32 Å². The zero-order valence-corrected chi connectivity index (χ0v) is 12.1. The van der Waals surface area contributed by atoms with E-state index >= 15 is 0 Å². The van der Waals surface area contributed by atoms with Crippen molar-refractivity contribution in [2.45, 2.75) is 20.3 Å². The summed E-state index contributed by atoms with van der Waals surface area (Å²) in [5.74, 6) is 2.23. The van der Waals surface area contributed by atoms with Crippen molar-refractivity contribution >= 4 is 22.9 Å². The summed E-state index contributed by atoms with van der Waals surface area (Å²) >= 11 is 7.40. The number of nitrogens with one attached hydrogen (secondary N) is 1. The van der Waals surface area contributed by atoms with Gasteiger partial charge in [0.1, 0.15) is 0 Å². The lowest BCUT2D eigenvalue weighted by atomic mass is 10.2. The fourth-order valence-electron chi connectivity index (χ4n) is 1.57. The third kappa shape index (κ3) is 3.83.